The van der Waals surface area contributed by atoms with Crippen LogP contribution in [-0.2, 0) is 30.8 Å². The van der Waals surface area contributed by atoms with E-state index < -0.39 is 0 Å². The summed E-state index contributed by atoms with van der Waals surface area (Å²) in [6, 6.07) is 6.22. The second kappa shape index (κ2) is 8.12. The van der Waals surface area contributed by atoms with Crippen molar-refractivity contribution in [1.29, 1.82) is 0 Å². The van der Waals surface area contributed by atoms with Crippen LogP contribution in [0.3, 0.4) is 0 Å². The Bertz CT molecular complexity index is 976. The molecule has 3 aromatic rings. The molecule has 0 unspecified atom stereocenters. The lowest BCUT2D eigenvalue weighted by Gasteiger charge is -2.26. The molecule has 3 aromatic heterocycles. The molecule has 2 N–H and O–H groups in total. The van der Waals surface area contributed by atoms with Crippen LogP contribution >= 0.6 is 0 Å². The molecule has 28 heavy (non-hydrogen) atoms. The summed E-state index contributed by atoms with van der Waals surface area (Å²) in [6.45, 7) is 5.76. The predicted molar refractivity (Wildman–Crippen MR) is 105 cm³/mol. The van der Waals surface area contributed by atoms with Crippen LogP contribution in [-0.4, -0.2) is 54.8 Å². The number of hydrogen-bond acceptors (Lipinski definition) is 5. The number of nitrogens with zero attached hydrogens (tertiary/aromatic N) is 5. The summed E-state index contributed by atoms with van der Waals surface area (Å²) in [5.74, 6) is -0.0521. The number of imidazole rings is 1. The average molecular weight is 382 g/mol. The molecule has 0 spiro atoms. The number of aliphatic hydroxyl groups excluding tert-OH is 1. The molecule has 0 radical (unpaired) electrons. The van der Waals surface area contributed by atoms with Crippen LogP contribution in [0.25, 0.3) is 5.65 Å². The highest BCUT2D eigenvalue weighted by Crippen LogP contribution is 2.17. The second-order valence-corrected chi connectivity index (χ2v) is 7.34. The monoisotopic (exact) mass is 382 g/mol. The molecule has 148 valence electrons. The Morgan fingerprint density at radius 3 is 3.00 bits per heavy atom. The summed E-state index contributed by atoms with van der Waals surface area (Å²) in [5, 5.41) is 16.1. The number of rotatable bonds is 7. The highest BCUT2D eigenvalue weighted by atomic mass is 16.3. The van der Waals surface area contributed by atoms with Crippen LogP contribution in [0.1, 0.15) is 29.1 Å². The summed E-state index contributed by atoms with van der Waals surface area (Å²) in [5.41, 5.74) is 5.38. The van der Waals surface area contributed by atoms with Gasteiger partial charge < -0.3 is 14.8 Å². The Hall–Kier alpha value is -2.71. The predicted octanol–water partition coefficient (Wildman–Crippen LogP) is 0.896. The number of amides is 1. The van der Waals surface area contributed by atoms with Crippen molar-refractivity contribution in [2.24, 2.45) is 0 Å². The molecular formula is C20H26N6O2. The van der Waals surface area contributed by atoms with E-state index >= 15 is 0 Å². The fraction of sp³-hybridized carbons (Fsp3) is 0.450. The first kappa shape index (κ1) is 18.6. The zero-order valence-electron chi connectivity index (χ0n) is 16.1. The minimum atomic E-state index is -0.0521. The highest BCUT2D eigenvalue weighted by molar-refractivity contribution is 5.76. The molecule has 1 amide bonds. The van der Waals surface area contributed by atoms with Crippen molar-refractivity contribution in [3.63, 3.8) is 0 Å². The molecule has 0 fully saturated rings. The average Bonchev–Trinajstić information content (AvgIpc) is 3.26. The van der Waals surface area contributed by atoms with Gasteiger partial charge in [0.2, 0.25) is 5.91 Å². The highest BCUT2D eigenvalue weighted by Gasteiger charge is 2.19. The third-order valence-corrected chi connectivity index (χ3v) is 5.00. The first-order chi connectivity index (χ1) is 13.6. The van der Waals surface area contributed by atoms with Gasteiger partial charge in [0.1, 0.15) is 5.65 Å². The Balaban J connectivity index is 1.36. The van der Waals surface area contributed by atoms with Gasteiger partial charge in [-0.05, 0) is 24.6 Å². The van der Waals surface area contributed by atoms with E-state index in [1.807, 2.05) is 10.7 Å². The zero-order chi connectivity index (χ0) is 19.5. The van der Waals surface area contributed by atoms with E-state index in [4.69, 9.17) is 10.1 Å². The molecular weight excluding hydrogens is 356 g/mol. The van der Waals surface area contributed by atoms with E-state index in [0.29, 0.717) is 19.4 Å². The summed E-state index contributed by atoms with van der Waals surface area (Å²) in [6.07, 6.45) is 5.20. The van der Waals surface area contributed by atoms with Gasteiger partial charge >= 0.3 is 0 Å². The van der Waals surface area contributed by atoms with Gasteiger partial charge in [-0.3, -0.25) is 14.4 Å². The maximum atomic E-state index is 11.7. The summed E-state index contributed by atoms with van der Waals surface area (Å²) >= 11 is 0. The molecule has 4 rings (SSSR count). The van der Waals surface area contributed by atoms with Gasteiger partial charge in [-0.1, -0.05) is 6.07 Å². The number of aliphatic hydroxyl groups is 1. The number of fused-ring (bicyclic) bond motifs is 2. The number of aromatic nitrogens is 4. The van der Waals surface area contributed by atoms with Gasteiger partial charge in [0, 0.05) is 51.4 Å². The van der Waals surface area contributed by atoms with Crippen LogP contribution in [0.4, 0.5) is 0 Å². The third-order valence-electron chi connectivity index (χ3n) is 5.00. The van der Waals surface area contributed by atoms with Crippen molar-refractivity contribution in [2.75, 3.05) is 19.7 Å². The Morgan fingerprint density at radius 1 is 1.25 bits per heavy atom. The quantitative estimate of drug-likeness (QED) is 0.634. The van der Waals surface area contributed by atoms with Crippen LogP contribution in [0.5, 0.6) is 0 Å². The molecule has 0 aliphatic carbocycles. The topological polar surface area (TPSA) is 87.7 Å². The lowest BCUT2D eigenvalue weighted by molar-refractivity contribution is -0.121. The zero-order valence-corrected chi connectivity index (χ0v) is 16.1. The molecule has 1 aliphatic heterocycles. The molecule has 1 aliphatic rings. The van der Waals surface area contributed by atoms with Gasteiger partial charge in [-0.25, -0.2) is 4.98 Å². The minimum absolute atomic E-state index is 0.0355. The first-order valence-corrected chi connectivity index (χ1v) is 9.70. The van der Waals surface area contributed by atoms with Gasteiger partial charge in [0.05, 0.1) is 30.2 Å². The lowest BCUT2D eigenvalue weighted by atomic mass is 10.2. The summed E-state index contributed by atoms with van der Waals surface area (Å²) < 4.78 is 4.13. The molecule has 0 bridgehead atoms. The SMILES string of the molecule is Cc1ccc2nc(CN3CCn4nc(CCC(=O)NCCO)cc4C3)cn2c1. The van der Waals surface area contributed by atoms with E-state index in [1.165, 1.54) is 11.3 Å². The summed E-state index contributed by atoms with van der Waals surface area (Å²) in [4.78, 5) is 18.8. The smallest absolute Gasteiger partial charge is 0.220 e. The Morgan fingerprint density at radius 2 is 2.14 bits per heavy atom. The normalized spacial score (nSPS) is 14.4. The van der Waals surface area contributed by atoms with Gasteiger partial charge in [-0.2, -0.15) is 5.10 Å². The minimum Gasteiger partial charge on any atom is -0.395 e. The fourth-order valence-corrected chi connectivity index (χ4v) is 3.62. The van der Waals surface area contributed by atoms with Crippen LogP contribution in [0, 0.1) is 6.92 Å². The van der Waals surface area contributed by atoms with Gasteiger partial charge in [0.25, 0.3) is 0 Å². The number of carbonyl (C=O) groups excluding carboxylic acids is 1. The number of aryl methyl sites for hydroxylation is 2. The number of pyridine rings is 1. The summed E-state index contributed by atoms with van der Waals surface area (Å²) in [7, 11) is 0. The standard InChI is InChI=1S/C20H26N6O2/c1-15-2-4-19-22-17(13-25(19)11-15)12-24-7-8-26-18(14-24)10-16(23-26)3-5-20(28)21-6-9-27/h2,4,10-11,13,27H,3,5-9,12,14H2,1H3,(H,21,28). The molecule has 8 nitrogen and oxygen atoms in total. The molecule has 0 atom stereocenters. The fourth-order valence-electron chi connectivity index (χ4n) is 3.62. The molecule has 0 aromatic carbocycles. The van der Waals surface area contributed by atoms with E-state index in [2.05, 4.69) is 51.2 Å². The van der Waals surface area contributed by atoms with Crippen molar-refractivity contribution in [3.05, 3.63) is 53.2 Å². The lowest BCUT2D eigenvalue weighted by Crippen LogP contribution is -2.33. The van der Waals surface area contributed by atoms with Crippen LogP contribution in [0.2, 0.25) is 0 Å². The maximum Gasteiger partial charge on any atom is 0.220 e. The van der Waals surface area contributed by atoms with Gasteiger partial charge in [-0.15, -0.1) is 0 Å². The Kier molecular flexibility index (Phi) is 5.40. The van der Waals surface area contributed by atoms with Crippen molar-refractivity contribution >= 4 is 11.6 Å². The molecule has 0 saturated heterocycles. The number of carbonyl (C=O) groups is 1. The molecule has 8 heteroatoms. The van der Waals surface area contributed by atoms with E-state index in [-0.39, 0.29) is 12.5 Å². The van der Waals surface area contributed by atoms with Crippen molar-refractivity contribution in [3.8, 4) is 0 Å². The second-order valence-electron chi connectivity index (χ2n) is 7.34. The van der Waals surface area contributed by atoms with E-state index in [1.54, 1.807) is 0 Å². The largest absolute Gasteiger partial charge is 0.395 e. The molecule has 4 heterocycles. The molecule has 0 saturated carbocycles. The van der Waals surface area contributed by atoms with Crippen LogP contribution < -0.4 is 5.32 Å². The maximum absolute atomic E-state index is 11.7. The number of hydrogen-bond donors (Lipinski definition) is 2. The van der Waals surface area contributed by atoms with E-state index in [9.17, 15) is 4.79 Å². The van der Waals surface area contributed by atoms with Gasteiger partial charge in [0.15, 0.2) is 0 Å². The van der Waals surface area contributed by atoms with E-state index in [0.717, 1.165) is 43.2 Å². The first-order valence-electron chi connectivity index (χ1n) is 9.70. The van der Waals surface area contributed by atoms with Crippen molar-refractivity contribution in [2.45, 2.75) is 39.4 Å². The Labute approximate surface area is 163 Å². The van der Waals surface area contributed by atoms with Crippen molar-refractivity contribution in [1.82, 2.24) is 29.4 Å². The number of nitrogens with one attached hydrogen (secondary N) is 1. The van der Waals surface area contributed by atoms with Crippen molar-refractivity contribution < 1.29 is 9.90 Å². The van der Waals surface area contributed by atoms with Crippen LogP contribution in [0.15, 0.2) is 30.6 Å². The third kappa shape index (κ3) is 4.23.